The SMILES string of the molecule is COC(=O)c1sc2nc(C[NH2+]Cc3cccc(Cl)c3)nc(NCc3cccc(Cl)c3)c2c1C. The number of hydrogen-bond acceptors (Lipinski definition) is 6. The quantitative estimate of drug-likeness (QED) is 0.333. The monoisotopic (exact) mass is 501 g/mol. The van der Waals surface area contributed by atoms with Crippen LogP contribution in [0.3, 0.4) is 0 Å². The van der Waals surface area contributed by atoms with E-state index in [-0.39, 0.29) is 5.97 Å². The number of aromatic nitrogens is 2. The molecule has 2 aromatic heterocycles. The summed E-state index contributed by atoms with van der Waals surface area (Å²) in [7, 11) is 1.38. The smallest absolute Gasteiger partial charge is 0.348 e. The summed E-state index contributed by atoms with van der Waals surface area (Å²) in [6.07, 6.45) is 0. The van der Waals surface area contributed by atoms with Crippen molar-refractivity contribution in [2.24, 2.45) is 0 Å². The zero-order chi connectivity index (χ0) is 23.4. The highest BCUT2D eigenvalue weighted by molar-refractivity contribution is 7.20. The van der Waals surface area contributed by atoms with Crippen LogP contribution in [0.2, 0.25) is 10.0 Å². The molecule has 9 heteroatoms. The number of nitrogens with zero attached hydrogens (tertiary/aromatic N) is 2. The van der Waals surface area contributed by atoms with Gasteiger partial charge in [0.1, 0.15) is 28.6 Å². The van der Waals surface area contributed by atoms with Crippen LogP contribution in [0.25, 0.3) is 10.2 Å². The van der Waals surface area contributed by atoms with Crippen LogP contribution in [0.4, 0.5) is 5.82 Å². The molecule has 6 nitrogen and oxygen atoms in total. The number of fused-ring (bicyclic) bond motifs is 1. The van der Waals surface area contributed by atoms with Crippen molar-refractivity contribution in [3.05, 3.63) is 86.0 Å². The predicted octanol–water partition coefficient (Wildman–Crippen LogP) is 4.97. The molecule has 0 unspecified atom stereocenters. The van der Waals surface area contributed by atoms with Gasteiger partial charge >= 0.3 is 5.97 Å². The van der Waals surface area contributed by atoms with Crippen molar-refractivity contribution in [1.82, 2.24) is 9.97 Å². The van der Waals surface area contributed by atoms with E-state index in [1.165, 1.54) is 18.4 Å². The summed E-state index contributed by atoms with van der Waals surface area (Å²) >= 11 is 13.5. The largest absolute Gasteiger partial charge is 0.465 e. The first-order valence-electron chi connectivity index (χ1n) is 10.4. The summed E-state index contributed by atoms with van der Waals surface area (Å²) in [6, 6.07) is 15.4. The first-order valence-corrected chi connectivity index (χ1v) is 11.9. The second kappa shape index (κ2) is 10.5. The highest BCUT2D eigenvalue weighted by Crippen LogP contribution is 2.34. The van der Waals surface area contributed by atoms with Crippen LogP contribution in [-0.2, 0) is 24.4 Å². The second-order valence-electron chi connectivity index (χ2n) is 7.53. The lowest BCUT2D eigenvalue weighted by Crippen LogP contribution is -2.81. The molecule has 0 saturated carbocycles. The number of nitrogens with two attached hydrogens (primary N) is 1. The van der Waals surface area contributed by atoms with Crippen molar-refractivity contribution in [3.8, 4) is 0 Å². The summed E-state index contributed by atoms with van der Waals surface area (Å²) < 4.78 is 4.95. The van der Waals surface area contributed by atoms with E-state index in [1.807, 2.05) is 55.5 Å². The summed E-state index contributed by atoms with van der Waals surface area (Å²) in [5, 5.41) is 7.76. The van der Waals surface area contributed by atoms with Crippen molar-refractivity contribution < 1.29 is 14.8 Å². The Labute approximate surface area is 205 Å². The van der Waals surface area contributed by atoms with Crippen LogP contribution in [0.1, 0.15) is 32.2 Å². The molecule has 0 saturated heterocycles. The third-order valence-corrected chi connectivity index (χ3v) is 6.79. The fourth-order valence-corrected chi connectivity index (χ4v) is 5.10. The van der Waals surface area contributed by atoms with Gasteiger partial charge in [0.2, 0.25) is 0 Å². The van der Waals surface area contributed by atoms with Crippen LogP contribution in [-0.4, -0.2) is 23.0 Å². The standard InChI is InChI=1S/C24H22Cl2N4O2S/c1-14-20-22(28-12-16-6-4-8-18(26)10-16)29-19(30-23(20)33-21(14)24(31)32-2)13-27-11-15-5-3-7-17(25)9-15/h3-10,27H,11-13H2,1-2H3,(H,28,29,30)/p+1. The van der Waals surface area contributed by atoms with Gasteiger partial charge in [-0.15, -0.1) is 11.3 Å². The molecule has 170 valence electrons. The number of aryl methyl sites for hydroxylation is 1. The van der Waals surface area contributed by atoms with Crippen molar-refractivity contribution in [3.63, 3.8) is 0 Å². The number of rotatable bonds is 8. The van der Waals surface area contributed by atoms with Crippen molar-refractivity contribution in [1.29, 1.82) is 0 Å². The van der Waals surface area contributed by atoms with E-state index in [1.54, 1.807) is 0 Å². The molecule has 2 heterocycles. The van der Waals surface area contributed by atoms with Gasteiger partial charge in [0.05, 0.1) is 12.5 Å². The zero-order valence-electron chi connectivity index (χ0n) is 18.2. The lowest BCUT2D eigenvalue weighted by Gasteiger charge is -2.10. The molecule has 0 amide bonds. The Morgan fingerprint density at radius 2 is 1.76 bits per heavy atom. The molecule has 2 aromatic carbocycles. The van der Waals surface area contributed by atoms with E-state index in [0.717, 1.165) is 38.5 Å². The predicted molar refractivity (Wildman–Crippen MR) is 133 cm³/mol. The number of nitrogens with one attached hydrogen (secondary N) is 1. The maximum atomic E-state index is 12.3. The number of thiophene rings is 1. The average Bonchev–Trinajstić information content (AvgIpc) is 3.13. The van der Waals surface area contributed by atoms with E-state index in [4.69, 9.17) is 37.9 Å². The molecule has 0 spiro atoms. The molecule has 33 heavy (non-hydrogen) atoms. The van der Waals surface area contributed by atoms with E-state index in [2.05, 4.69) is 10.6 Å². The molecular formula is C24H23Cl2N4O2S+. The zero-order valence-corrected chi connectivity index (χ0v) is 20.5. The summed E-state index contributed by atoms with van der Waals surface area (Å²) in [6.45, 7) is 3.77. The average molecular weight is 502 g/mol. The normalized spacial score (nSPS) is 11.0. The van der Waals surface area contributed by atoms with Gasteiger partial charge < -0.3 is 15.4 Å². The lowest BCUT2D eigenvalue weighted by atomic mass is 10.2. The molecule has 0 aliphatic heterocycles. The Morgan fingerprint density at radius 3 is 2.45 bits per heavy atom. The van der Waals surface area contributed by atoms with Crippen molar-refractivity contribution >= 4 is 56.5 Å². The number of halogens is 2. The van der Waals surface area contributed by atoms with Gasteiger partial charge in [-0.1, -0.05) is 47.5 Å². The van der Waals surface area contributed by atoms with Gasteiger partial charge in [-0.3, -0.25) is 0 Å². The van der Waals surface area contributed by atoms with E-state index >= 15 is 0 Å². The van der Waals surface area contributed by atoms with Crippen LogP contribution >= 0.6 is 34.5 Å². The van der Waals surface area contributed by atoms with E-state index in [0.29, 0.717) is 34.6 Å². The number of quaternary nitrogens is 1. The third-order valence-electron chi connectivity index (χ3n) is 5.15. The topological polar surface area (TPSA) is 80.7 Å². The number of carbonyl (C=O) groups is 1. The second-order valence-corrected chi connectivity index (χ2v) is 9.40. The molecule has 3 N–H and O–H groups in total. The molecule has 0 bridgehead atoms. The van der Waals surface area contributed by atoms with E-state index in [9.17, 15) is 4.79 Å². The Kier molecular flexibility index (Phi) is 7.45. The van der Waals surface area contributed by atoms with Gasteiger partial charge in [-0.25, -0.2) is 14.8 Å². The highest BCUT2D eigenvalue weighted by atomic mass is 35.5. The summed E-state index contributed by atoms with van der Waals surface area (Å²) in [5.74, 6) is 0.996. The Bertz CT molecular complexity index is 1310. The first kappa shape index (κ1) is 23.4. The number of carbonyl (C=O) groups excluding carboxylic acids is 1. The Balaban J connectivity index is 1.62. The molecular weight excluding hydrogens is 479 g/mol. The fourth-order valence-electron chi connectivity index (χ4n) is 3.55. The Hall–Kier alpha value is -2.71. The minimum absolute atomic E-state index is 0.370. The maximum Gasteiger partial charge on any atom is 0.348 e. The van der Waals surface area contributed by atoms with Gasteiger partial charge in [0, 0.05) is 22.2 Å². The van der Waals surface area contributed by atoms with E-state index < -0.39 is 0 Å². The van der Waals surface area contributed by atoms with Gasteiger partial charge in [-0.2, -0.15) is 0 Å². The molecule has 4 aromatic rings. The number of benzene rings is 2. The van der Waals surface area contributed by atoms with Gasteiger partial charge in [0.25, 0.3) is 0 Å². The Morgan fingerprint density at radius 1 is 1.06 bits per heavy atom. The lowest BCUT2D eigenvalue weighted by molar-refractivity contribution is -0.687. The van der Waals surface area contributed by atoms with Crippen molar-refractivity contribution in [2.75, 3.05) is 12.4 Å². The summed E-state index contributed by atoms with van der Waals surface area (Å²) in [5.41, 5.74) is 2.97. The summed E-state index contributed by atoms with van der Waals surface area (Å²) in [4.78, 5) is 23.1. The van der Waals surface area contributed by atoms with Gasteiger partial charge in [-0.05, 0) is 42.3 Å². The highest BCUT2D eigenvalue weighted by Gasteiger charge is 2.21. The third kappa shape index (κ3) is 5.62. The number of methoxy groups -OCH3 is 1. The molecule has 0 radical (unpaired) electrons. The molecule has 0 atom stereocenters. The minimum Gasteiger partial charge on any atom is -0.465 e. The van der Waals surface area contributed by atoms with Gasteiger partial charge in [0.15, 0.2) is 5.82 Å². The van der Waals surface area contributed by atoms with Crippen molar-refractivity contribution in [2.45, 2.75) is 26.6 Å². The number of esters is 1. The van der Waals surface area contributed by atoms with Crippen LogP contribution in [0, 0.1) is 6.92 Å². The molecule has 0 aliphatic carbocycles. The number of anilines is 1. The van der Waals surface area contributed by atoms with Crippen LogP contribution in [0.5, 0.6) is 0 Å². The van der Waals surface area contributed by atoms with Crippen LogP contribution in [0.15, 0.2) is 48.5 Å². The fraction of sp³-hybridized carbons (Fsp3) is 0.208. The number of hydrogen-bond donors (Lipinski definition) is 2. The molecule has 0 fully saturated rings. The number of ether oxygens (including phenoxy) is 1. The van der Waals surface area contributed by atoms with Crippen LogP contribution < -0.4 is 10.6 Å². The first-order chi connectivity index (χ1) is 15.9. The molecule has 4 rings (SSSR count). The minimum atomic E-state index is -0.370. The maximum absolute atomic E-state index is 12.3. The molecule has 0 aliphatic rings.